The Balaban J connectivity index is 1.55. The Hall–Kier alpha value is -3.94. The number of pyridine rings is 1. The molecule has 1 fully saturated rings. The quantitative estimate of drug-likeness (QED) is 0.579. The zero-order chi connectivity index (χ0) is 21.5. The third-order valence-electron chi connectivity index (χ3n) is 5.23. The molecular weight excluding hydrogens is 384 g/mol. The Kier molecular flexibility index (Phi) is 4.62. The summed E-state index contributed by atoms with van der Waals surface area (Å²) in [5.41, 5.74) is -0.421. The highest BCUT2D eigenvalue weighted by atomic mass is 16.2. The lowest BCUT2D eigenvalue weighted by Gasteiger charge is -2.22. The van der Waals surface area contributed by atoms with Gasteiger partial charge >= 0.3 is 6.03 Å². The maximum atomic E-state index is 13.1. The molecule has 4 rings (SSSR count). The molecule has 3 N–H and O–H groups in total. The van der Waals surface area contributed by atoms with Crippen LogP contribution in [0.25, 0.3) is 10.8 Å². The smallest absolute Gasteiger partial charge is 0.325 e. The minimum atomic E-state index is -1.29. The van der Waals surface area contributed by atoms with Crippen LogP contribution in [-0.2, 0) is 15.1 Å². The van der Waals surface area contributed by atoms with Crippen molar-refractivity contribution in [1.82, 2.24) is 15.2 Å². The van der Waals surface area contributed by atoms with Crippen LogP contribution in [0.2, 0.25) is 0 Å². The first-order chi connectivity index (χ1) is 14.3. The van der Waals surface area contributed by atoms with Gasteiger partial charge in [0.1, 0.15) is 17.8 Å². The van der Waals surface area contributed by atoms with Crippen molar-refractivity contribution in [2.24, 2.45) is 0 Å². The average Bonchev–Trinajstić information content (AvgIpc) is 2.94. The molecule has 0 spiro atoms. The van der Waals surface area contributed by atoms with Gasteiger partial charge < -0.3 is 15.6 Å². The molecule has 1 saturated heterocycles. The van der Waals surface area contributed by atoms with Crippen molar-refractivity contribution in [2.75, 3.05) is 11.9 Å². The second-order valence-corrected chi connectivity index (χ2v) is 7.44. The van der Waals surface area contributed by atoms with E-state index in [9.17, 15) is 19.2 Å². The van der Waals surface area contributed by atoms with Crippen LogP contribution in [0.3, 0.4) is 0 Å². The second-order valence-electron chi connectivity index (χ2n) is 7.44. The topological polar surface area (TPSA) is 111 Å². The number of hydrogen-bond donors (Lipinski definition) is 3. The summed E-state index contributed by atoms with van der Waals surface area (Å²) in [6, 6.07) is 15.7. The van der Waals surface area contributed by atoms with E-state index in [4.69, 9.17) is 0 Å². The number of H-pyrrole nitrogens is 1. The summed E-state index contributed by atoms with van der Waals surface area (Å²) < 4.78 is 0. The van der Waals surface area contributed by atoms with E-state index in [-0.39, 0.29) is 5.69 Å². The number of amides is 4. The first kappa shape index (κ1) is 19.4. The molecule has 0 bridgehead atoms. The molecule has 8 nitrogen and oxygen atoms in total. The minimum Gasteiger partial charge on any atom is -0.325 e. The average molecular weight is 404 g/mol. The van der Waals surface area contributed by atoms with Crippen molar-refractivity contribution in [3.63, 3.8) is 0 Å². The summed E-state index contributed by atoms with van der Waals surface area (Å²) in [5.74, 6) is -1.17. The molecule has 1 unspecified atom stereocenters. The molecule has 1 atom stereocenters. The third kappa shape index (κ3) is 3.32. The molecule has 1 aliphatic heterocycles. The SMILES string of the molecule is Cc1ccc(NC(=O)CN2C(=O)NC(C)(c3ccc4ccccc4c3)C2=O)c(=O)[nH]1. The molecule has 2 aromatic carbocycles. The van der Waals surface area contributed by atoms with Crippen LogP contribution in [0.1, 0.15) is 18.2 Å². The largest absolute Gasteiger partial charge is 0.325 e. The van der Waals surface area contributed by atoms with Gasteiger partial charge in [-0.2, -0.15) is 0 Å². The number of hydrogen-bond acceptors (Lipinski definition) is 4. The van der Waals surface area contributed by atoms with Crippen LogP contribution >= 0.6 is 0 Å². The molecule has 1 aromatic heterocycles. The highest BCUT2D eigenvalue weighted by Crippen LogP contribution is 2.30. The Morgan fingerprint density at radius 1 is 1.03 bits per heavy atom. The molecule has 152 valence electrons. The van der Waals surface area contributed by atoms with Crippen LogP contribution in [0.5, 0.6) is 0 Å². The lowest BCUT2D eigenvalue weighted by atomic mass is 9.90. The zero-order valence-electron chi connectivity index (χ0n) is 16.5. The first-order valence-corrected chi connectivity index (χ1v) is 9.41. The number of nitrogens with one attached hydrogen (secondary N) is 3. The number of nitrogens with zero attached hydrogens (tertiary/aromatic N) is 1. The van der Waals surface area contributed by atoms with E-state index < -0.39 is 35.5 Å². The number of anilines is 1. The summed E-state index contributed by atoms with van der Waals surface area (Å²) in [6.45, 7) is 2.83. The standard InChI is InChI=1S/C22H20N4O4/c1-13-7-10-17(19(28)23-13)24-18(27)12-26-20(29)22(2,25-21(26)30)16-9-8-14-5-3-4-6-15(14)11-16/h3-11H,12H2,1-2H3,(H,23,28)(H,24,27)(H,25,30). The van der Waals surface area contributed by atoms with Gasteiger partial charge in [-0.25, -0.2) is 4.79 Å². The zero-order valence-corrected chi connectivity index (χ0v) is 16.5. The lowest BCUT2D eigenvalue weighted by Crippen LogP contribution is -2.42. The number of urea groups is 1. The van der Waals surface area contributed by atoms with Crippen LogP contribution in [-0.4, -0.2) is 34.3 Å². The van der Waals surface area contributed by atoms with E-state index in [0.717, 1.165) is 15.7 Å². The molecule has 8 heteroatoms. The maximum Gasteiger partial charge on any atom is 0.325 e. The summed E-state index contributed by atoms with van der Waals surface area (Å²) in [7, 11) is 0. The first-order valence-electron chi connectivity index (χ1n) is 9.41. The number of aromatic amines is 1. The van der Waals surface area contributed by atoms with E-state index in [1.807, 2.05) is 36.4 Å². The van der Waals surface area contributed by atoms with E-state index >= 15 is 0 Å². The minimum absolute atomic E-state index is 0.0509. The van der Waals surface area contributed by atoms with Gasteiger partial charge in [0.2, 0.25) is 5.91 Å². The van der Waals surface area contributed by atoms with Crippen molar-refractivity contribution in [3.05, 3.63) is 76.2 Å². The second kappa shape index (κ2) is 7.14. The van der Waals surface area contributed by atoms with Gasteiger partial charge in [-0.15, -0.1) is 0 Å². The molecule has 4 amide bonds. The van der Waals surface area contributed by atoms with Crippen LogP contribution in [0.15, 0.2) is 59.4 Å². The Labute approximate surface area is 171 Å². The van der Waals surface area contributed by atoms with Crippen LogP contribution in [0, 0.1) is 6.92 Å². The summed E-state index contributed by atoms with van der Waals surface area (Å²) in [6.07, 6.45) is 0. The number of benzene rings is 2. The number of aryl methyl sites for hydroxylation is 1. The molecule has 2 heterocycles. The Morgan fingerprint density at radius 3 is 2.50 bits per heavy atom. The lowest BCUT2D eigenvalue weighted by molar-refractivity contribution is -0.133. The van der Waals surface area contributed by atoms with Crippen molar-refractivity contribution >= 4 is 34.3 Å². The highest BCUT2D eigenvalue weighted by molar-refractivity contribution is 6.10. The van der Waals surface area contributed by atoms with E-state index in [2.05, 4.69) is 15.6 Å². The number of carbonyl (C=O) groups is 3. The predicted octanol–water partition coefficient (Wildman–Crippen LogP) is 2.24. The van der Waals surface area contributed by atoms with Gasteiger partial charge in [-0.1, -0.05) is 36.4 Å². The maximum absolute atomic E-state index is 13.1. The molecule has 1 aliphatic rings. The number of rotatable bonds is 4. The third-order valence-corrected chi connectivity index (χ3v) is 5.23. The van der Waals surface area contributed by atoms with E-state index in [1.54, 1.807) is 26.0 Å². The summed E-state index contributed by atoms with van der Waals surface area (Å²) in [4.78, 5) is 53.3. The fourth-order valence-electron chi connectivity index (χ4n) is 3.54. The number of carbonyl (C=O) groups excluding carboxylic acids is 3. The van der Waals surface area contributed by atoms with Crippen LogP contribution < -0.4 is 16.2 Å². The van der Waals surface area contributed by atoms with E-state index in [1.165, 1.54) is 6.07 Å². The molecule has 3 aromatic rings. The molecule has 30 heavy (non-hydrogen) atoms. The fourth-order valence-corrected chi connectivity index (χ4v) is 3.54. The van der Waals surface area contributed by atoms with Crippen molar-refractivity contribution < 1.29 is 14.4 Å². The van der Waals surface area contributed by atoms with Gasteiger partial charge in [0, 0.05) is 5.69 Å². The monoisotopic (exact) mass is 404 g/mol. The highest BCUT2D eigenvalue weighted by Gasteiger charge is 2.49. The normalized spacial score (nSPS) is 18.5. The van der Waals surface area contributed by atoms with E-state index in [0.29, 0.717) is 11.3 Å². The molecule has 0 radical (unpaired) electrons. The van der Waals surface area contributed by atoms with Gasteiger partial charge in [0.15, 0.2) is 0 Å². The van der Waals surface area contributed by atoms with Crippen molar-refractivity contribution in [2.45, 2.75) is 19.4 Å². The van der Waals surface area contributed by atoms with Crippen LogP contribution in [0.4, 0.5) is 10.5 Å². The molecule has 0 aliphatic carbocycles. The number of fused-ring (bicyclic) bond motifs is 1. The Morgan fingerprint density at radius 2 is 1.77 bits per heavy atom. The van der Waals surface area contributed by atoms with Gasteiger partial charge in [0.25, 0.3) is 11.5 Å². The predicted molar refractivity (Wildman–Crippen MR) is 112 cm³/mol. The van der Waals surface area contributed by atoms with Gasteiger partial charge in [-0.05, 0) is 48.4 Å². The fraction of sp³-hybridized carbons (Fsp3) is 0.182. The number of aromatic nitrogens is 1. The molecule has 0 saturated carbocycles. The van der Waals surface area contributed by atoms with Crippen molar-refractivity contribution in [3.8, 4) is 0 Å². The molecular formula is C22H20N4O4. The van der Waals surface area contributed by atoms with Gasteiger partial charge in [-0.3, -0.25) is 19.3 Å². The summed E-state index contributed by atoms with van der Waals surface area (Å²) in [5, 5.41) is 7.08. The number of imide groups is 1. The Bertz CT molecular complexity index is 1250. The summed E-state index contributed by atoms with van der Waals surface area (Å²) >= 11 is 0. The van der Waals surface area contributed by atoms with Crippen molar-refractivity contribution in [1.29, 1.82) is 0 Å². The van der Waals surface area contributed by atoms with Gasteiger partial charge in [0.05, 0.1) is 0 Å².